The average molecular weight is 473 g/mol. The third kappa shape index (κ3) is 3.01. The Morgan fingerprint density at radius 2 is 1.91 bits per heavy atom. The number of aromatic nitrogens is 2. The van der Waals surface area contributed by atoms with E-state index in [2.05, 4.69) is 6.92 Å². The van der Waals surface area contributed by atoms with Gasteiger partial charge in [0.2, 0.25) is 5.82 Å². The van der Waals surface area contributed by atoms with Crippen molar-refractivity contribution in [3.05, 3.63) is 44.5 Å². The molecule has 4 aliphatic carbocycles. The Bertz CT molecular complexity index is 1260. The number of rotatable bonds is 3. The van der Waals surface area contributed by atoms with Crippen LogP contribution >= 0.6 is 0 Å². The summed E-state index contributed by atoms with van der Waals surface area (Å²) in [5.74, 6) is -2.06. The lowest BCUT2D eigenvalue weighted by atomic mass is 9.46. The first-order valence-electron chi connectivity index (χ1n) is 11.9. The van der Waals surface area contributed by atoms with Gasteiger partial charge in [0.1, 0.15) is 11.4 Å². The molecule has 1 heterocycles. The molecule has 3 fully saturated rings. The van der Waals surface area contributed by atoms with Gasteiger partial charge in [-0.2, -0.15) is 4.39 Å². The largest absolute Gasteiger partial charge is 0.381 e. The molecule has 182 valence electrons. The van der Waals surface area contributed by atoms with Crippen LogP contribution in [0.25, 0.3) is 0 Å². The Morgan fingerprint density at radius 1 is 1.18 bits per heavy atom. The summed E-state index contributed by atoms with van der Waals surface area (Å²) in [6.45, 7) is 3.26. The van der Waals surface area contributed by atoms with Gasteiger partial charge in [-0.05, 0) is 55.4 Å². The molecule has 1 aromatic rings. The maximum Gasteiger partial charge on any atom is 0.328 e. The molecule has 0 radical (unpaired) electrons. The second-order valence-electron chi connectivity index (χ2n) is 11.1. The van der Waals surface area contributed by atoms with Crippen LogP contribution in [0.3, 0.4) is 0 Å². The number of aromatic amines is 1. The molecule has 6 atom stereocenters. The van der Waals surface area contributed by atoms with Crippen LogP contribution < -0.4 is 11.2 Å². The zero-order chi connectivity index (χ0) is 24.6. The summed E-state index contributed by atoms with van der Waals surface area (Å²) in [6, 6.07) is 0. The van der Waals surface area contributed by atoms with Crippen LogP contribution in [0.5, 0.6) is 0 Å². The number of nitrogens with one attached hydrogen (secondary N) is 1. The van der Waals surface area contributed by atoms with Crippen molar-refractivity contribution in [3.8, 4) is 0 Å². The van der Waals surface area contributed by atoms with E-state index < -0.39 is 40.4 Å². The van der Waals surface area contributed by atoms with Gasteiger partial charge in [0.15, 0.2) is 11.6 Å². The fourth-order valence-electron chi connectivity index (χ4n) is 7.73. The van der Waals surface area contributed by atoms with Crippen LogP contribution in [0.4, 0.5) is 4.39 Å². The highest BCUT2D eigenvalue weighted by molar-refractivity contribution is 5.94. The Labute approximate surface area is 195 Å². The number of allylic oxidation sites excluding steroid dienone is 1. The molecule has 0 aliphatic heterocycles. The van der Waals surface area contributed by atoms with Gasteiger partial charge in [0.25, 0.3) is 5.56 Å². The number of carbonyl (C=O) groups excluding carboxylic acids is 3. The molecule has 0 bridgehead atoms. The van der Waals surface area contributed by atoms with Gasteiger partial charge in [-0.15, -0.1) is 0 Å². The minimum atomic E-state index is -1.84. The standard InChI is InChI=1S/C25H29FN2O6/c1-23-7-5-14(29)9-13(23)3-4-15-16-6-8-25(34,24(16,2)10-18(30)20(15)23)19(31)12-28-11-17(26)21(32)27-22(28)33/h9,11,15-16,20,34H,3-8,10,12H2,1-2H3,(H,27,32,33)/t15-,16-,20+,23-,24-,25+/m0/s1. The van der Waals surface area contributed by atoms with Gasteiger partial charge < -0.3 is 5.11 Å². The topological polar surface area (TPSA) is 126 Å². The normalized spacial score (nSPS) is 39.2. The smallest absolute Gasteiger partial charge is 0.328 e. The SMILES string of the molecule is C[C@]12CCC(=O)C=C1CC[C@@H]1[C@@H]2C(=O)C[C@@]2(C)[C@H]1CC[C@@]2(O)C(=O)Cn1cc(F)c(=O)[nH]c1=O. The summed E-state index contributed by atoms with van der Waals surface area (Å²) in [7, 11) is 0. The first-order valence-corrected chi connectivity index (χ1v) is 11.9. The zero-order valence-corrected chi connectivity index (χ0v) is 19.4. The predicted octanol–water partition coefficient (Wildman–Crippen LogP) is 1.69. The summed E-state index contributed by atoms with van der Waals surface area (Å²) in [5, 5.41) is 11.7. The highest BCUT2D eigenvalue weighted by Gasteiger charge is 2.68. The molecule has 1 aromatic heterocycles. The quantitative estimate of drug-likeness (QED) is 0.689. The number of carbonyl (C=O) groups is 3. The minimum absolute atomic E-state index is 0.00308. The zero-order valence-electron chi connectivity index (χ0n) is 19.4. The molecule has 34 heavy (non-hydrogen) atoms. The number of nitrogens with zero attached hydrogens (tertiary/aromatic N) is 1. The van der Waals surface area contributed by atoms with E-state index in [1.54, 1.807) is 13.0 Å². The number of aliphatic hydroxyl groups is 1. The molecule has 5 rings (SSSR count). The van der Waals surface area contributed by atoms with Crippen molar-refractivity contribution in [1.29, 1.82) is 0 Å². The van der Waals surface area contributed by atoms with E-state index in [1.807, 2.05) is 4.98 Å². The van der Waals surface area contributed by atoms with Crippen LogP contribution in [0.2, 0.25) is 0 Å². The summed E-state index contributed by atoms with van der Waals surface area (Å²) >= 11 is 0. The van der Waals surface area contributed by atoms with Crippen LogP contribution in [-0.4, -0.2) is 37.6 Å². The molecule has 0 saturated heterocycles. The molecule has 0 unspecified atom stereocenters. The summed E-state index contributed by atoms with van der Waals surface area (Å²) in [4.78, 5) is 64.2. The molecular weight excluding hydrogens is 443 g/mol. The molecule has 9 heteroatoms. The average Bonchev–Trinajstić information content (AvgIpc) is 3.03. The molecule has 0 aromatic carbocycles. The number of H-pyrrole nitrogens is 1. The highest BCUT2D eigenvalue weighted by Crippen LogP contribution is 2.66. The maximum atomic E-state index is 13.7. The number of hydrogen-bond donors (Lipinski definition) is 2. The van der Waals surface area contributed by atoms with Crippen molar-refractivity contribution in [2.24, 2.45) is 28.6 Å². The van der Waals surface area contributed by atoms with Gasteiger partial charge in [0.05, 0.1) is 12.7 Å². The van der Waals surface area contributed by atoms with E-state index in [-0.39, 0.29) is 47.6 Å². The van der Waals surface area contributed by atoms with E-state index in [0.717, 1.165) is 23.0 Å². The monoisotopic (exact) mass is 472 g/mol. The van der Waals surface area contributed by atoms with Gasteiger partial charge in [-0.3, -0.25) is 28.7 Å². The maximum absolute atomic E-state index is 13.7. The third-order valence-corrected chi connectivity index (χ3v) is 9.55. The minimum Gasteiger partial charge on any atom is -0.381 e. The van der Waals surface area contributed by atoms with E-state index in [4.69, 9.17) is 0 Å². The van der Waals surface area contributed by atoms with E-state index >= 15 is 0 Å². The molecule has 4 aliphatic rings. The summed E-state index contributed by atoms with van der Waals surface area (Å²) < 4.78 is 14.5. The fourth-order valence-corrected chi connectivity index (χ4v) is 7.73. The first kappa shape index (κ1) is 23.1. The number of halogens is 1. The Morgan fingerprint density at radius 3 is 2.65 bits per heavy atom. The molecule has 0 spiro atoms. The van der Waals surface area contributed by atoms with Gasteiger partial charge >= 0.3 is 5.69 Å². The second kappa shape index (κ2) is 7.41. The van der Waals surface area contributed by atoms with Gasteiger partial charge in [0, 0.05) is 24.2 Å². The van der Waals surface area contributed by atoms with Crippen LogP contribution in [-0.2, 0) is 20.9 Å². The van der Waals surface area contributed by atoms with Crippen LogP contribution in [0, 0.1) is 34.4 Å². The summed E-state index contributed by atoms with van der Waals surface area (Å²) in [6.07, 6.45) is 5.64. The highest BCUT2D eigenvalue weighted by atomic mass is 19.1. The van der Waals surface area contributed by atoms with Crippen molar-refractivity contribution in [2.75, 3.05) is 0 Å². The molecule has 0 amide bonds. The van der Waals surface area contributed by atoms with Crippen LogP contribution in [0.1, 0.15) is 58.8 Å². The molecule has 2 N–H and O–H groups in total. The van der Waals surface area contributed by atoms with Crippen molar-refractivity contribution in [1.82, 2.24) is 9.55 Å². The Hall–Kier alpha value is -2.68. The van der Waals surface area contributed by atoms with Crippen molar-refractivity contribution in [3.63, 3.8) is 0 Å². The second-order valence-corrected chi connectivity index (χ2v) is 11.1. The molecule has 3 saturated carbocycles. The lowest BCUT2D eigenvalue weighted by Crippen LogP contribution is -2.61. The predicted molar refractivity (Wildman–Crippen MR) is 118 cm³/mol. The lowest BCUT2D eigenvalue weighted by Gasteiger charge is -2.57. The van der Waals surface area contributed by atoms with E-state index in [0.29, 0.717) is 25.5 Å². The third-order valence-electron chi connectivity index (χ3n) is 9.55. The number of ketones is 3. The van der Waals surface area contributed by atoms with Crippen molar-refractivity contribution in [2.45, 2.75) is 70.9 Å². The number of Topliss-reactive ketones (excluding diaryl/α,β-unsaturated/α-hetero) is 2. The molecular formula is C25H29FN2O6. The molecule has 8 nitrogen and oxygen atoms in total. The number of hydrogen-bond acceptors (Lipinski definition) is 6. The lowest BCUT2D eigenvalue weighted by molar-refractivity contribution is -0.169. The fraction of sp³-hybridized carbons (Fsp3) is 0.640. The Balaban J connectivity index is 1.47. The van der Waals surface area contributed by atoms with E-state index in [1.165, 1.54) is 0 Å². The van der Waals surface area contributed by atoms with Crippen LogP contribution in [0.15, 0.2) is 27.4 Å². The first-order chi connectivity index (χ1) is 15.9. The van der Waals surface area contributed by atoms with Gasteiger partial charge in [-0.1, -0.05) is 19.4 Å². The summed E-state index contributed by atoms with van der Waals surface area (Å²) in [5.41, 5.74) is -4.29. The van der Waals surface area contributed by atoms with Gasteiger partial charge in [-0.25, -0.2) is 4.79 Å². The van der Waals surface area contributed by atoms with Crippen molar-refractivity contribution < 1.29 is 23.9 Å². The van der Waals surface area contributed by atoms with E-state index in [9.17, 15) is 33.5 Å². The number of fused-ring (bicyclic) bond motifs is 5. The van der Waals surface area contributed by atoms with Crippen molar-refractivity contribution >= 4 is 17.3 Å². The Kier molecular flexibility index (Phi) is 5.03.